The zero-order chi connectivity index (χ0) is 25.9. The summed E-state index contributed by atoms with van der Waals surface area (Å²) in [6, 6.07) is 0. The monoisotopic (exact) mass is 493 g/mol. The number of hydrogen-bond acceptors (Lipinski definition) is 4. The van der Waals surface area contributed by atoms with Gasteiger partial charge < -0.3 is 9.26 Å². The fraction of sp³-hybridized carbons (Fsp3) is 0.812. The molecule has 9 atom stereocenters. The molecule has 36 heavy (non-hydrogen) atoms. The Labute approximate surface area is 218 Å². The van der Waals surface area contributed by atoms with Crippen LogP contribution < -0.4 is 0 Å². The van der Waals surface area contributed by atoms with Crippen molar-refractivity contribution < 1.29 is 14.1 Å². The summed E-state index contributed by atoms with van der Waals surface area (Å²) in [4.78, 5) is 13.5. The first kappa shape index (κ1) is 24.7. The van der Waals surface area contributed by atoms with Gasteiger partial charge in [-0.1, -0.05) is 65.3 Å². The van der Waals surface area contributed by atoms with E-state index in [0.717, 1.165) is 44.3 Å². The van der Waals surface area contributed by atoms with E-state index in [4.69, 9.17) is 9.26 Å². The van der Waals surface area contributed by atoms with Crippen molar-refractivity contribution in [2.24, 2.45) is 51.2 Å². The first-order valence-electron chi connectivity index (χ1n) is 14.6. The number of aromatic nitrogens is 1. The Hall–Kier alpha value is -1.58. The number of allylic oxidation sites excluding steroid dienone is 2. The molecule has 1 aromatic heterocycles. The number of ether oxygens (including phenoxy) is 1. The zero-order valence-corrected chi connectivity index (χ0v) is 23.9. The van der Waals surface area contributed by atoms with Gasteiger partial charge in [0.15, 0.2) is 0 Å². The van der Waals surface area contributed by atoms with Crippen LogP contribution in [0.3, 0.4) is 0 Å². The second-order valence-corrected chi connectivity index (χ2v) is 14.9. The topological polar surface area (TPSA) is 52.3 Å². The molecule has 0 aromatic carbocycles. The Morgan fingerprint density at radius 1 is 1.03 bits per heavy atom. The van der Waals surface area contributed by atoms with E-state index in [-0.39, 0.29) is 33.0 Å². The van der Waals surface area contributed by atoms with Crippen molar-refractivity contribution in [2.45, 2.75) is 105 Å². The van der Waals surface area contributed by atoms with Crippen molar-refractivity contribution in [3.63, 3.8) is 0 Å². The number of nitrogens with zero attached hydrogens (tertiary/aromatic N) is 1. The van der Waals surface area contributed by atoms with Gasteiger partial charge in [-0.05, 0) is 97.2 Å². The maximum absolute atomic E-state index is 13.5. The highest BCUT2D eigenvalue weighted by Crippen LogP contribution is 2.75. The molecular formula is C32H47NO3. The van der Waals surface area contributed by atoms with E-state index in [9.17, 15) is 4.79 Å². The van der Waals surface area contributed by atoms with Gasteiger partial charge in [0.1, 0.15) is 5.76 Å². The third-order valence-corrected chi connectivity index (χ3v) is 13.5. The number of carbonyl (C=O) groups excluding carboxylic acids is 1. The van der Waals surface area contributed by atoms with E-state index in [1.807, 2.05) is 6.20 Å². The van der Waals surface area contributed by atoms with E-state index in [1.165, 1.54) is 18.4 Å². The van der Waals surface area contributed by atoms with Crippen LogP contribution in [-0.2, 0) is 21.4 Å². The van der Waals surface area contributed by atoms with Crippen LogP contribution in [0.25, 0.3) is 0 Å². The summed E-state index contributed by atoms with van der Waals surface area (Å²) in [5, 5.41) is 4.25. The minimum absolute atomic E-state index is 0.00494. The normalized spacial score (nSPS) is 48.9. The average molecular weight is 494 g/mol. The largest absolute Gasteiger partial charge is 0.469 e. The molecule has 0 spiro atoms. The molecule has 4 nitrogen and oxygen atoms in total. The van der Waals surface area contributed by atoms with Crippen molar-refractivity contribution in [3.8, 4) is 0 Å². The molecule has 0 N–H and O–H groups in total. The summed E-state index contributed by atoms with van der Waals surface area (Å²) < 4.78 is 11.4. The van der Waals surface area contributed by atoms with Crippen LogP contribution in [0.2, 0.25) is 0 Å². The number of methoxy groups -OCH3 is 1. The second-order valence-electron chi connectivity index (χ2n) is 14.9. The minimum atomic E-state index is -0.333. The lowest BCUT2D eigenvalue weighted by molar-refractivity contribution is -0.182. The number of fused-ring (bicyclic) bond motifs is 8. The van der Waals surface area contributed by atoms with Crippen molar-refractivity contribution in [3.05, 3.63) is 29.2 Å². The Kier molecular flexibility index (Phi) is 5.16. The van der Waals surface area contributed by atoms with Gasteiger partial charge in [-0.25, -0.2) is 0 Å². The van der Waals surface area contributed by atoms with Crippen LogP contribution in [0.4, 0.5) is 0 Å². The molecule has 198 valence electrons. The van der Waals surface area contributed by atoms with Gasteiger partial charge in [-0.2, -0.15) is 0 Å². The summed E-state index contributed by atoms with van der Waals surface area (Å²) in [5.74, 6) is 3.83. The summed E-state index contributed by atoms with van der Waals surface area (Å²) >= 11 is 0. The molecular weight excluding hydrogens is 446 g/mol. The predicted molar refractivity (Wildman–Crippen MR) is 141 cm³/mol. The second kappa shape index (κ2) is 7.50. The van der Waals surface area contributed by atoms with Crippen LogP contribution >= 0.6 is 0 Å². The molecule has 1 aromatic rings. The van der Waals surface area contributed by atoms with Crippen LogP contribution in [-0.4, -0.2) is 18.2 Å². The molecule has 0 saturated heterocycles. The maximum atomic E-state index is 13.5. The third kappa shape index (κ3) is 2.72. The molecule has 0 aliphatic heterocycles. The quantitative estimate of drug-likeness (QED) is 0.300. The van der Waals surface area contributed by atoms with Gasteiger partial charge in [0.2, 0.25) is 0 Å². The van der Waals surface area contributed by atoms with E-state index in [1.54, 1.807) is 12.7 Å². The molecule has 0 unspecified atom stereocenters. The van der Waals surface area contributed by atoms with Crippen LogP contribution in [0.15, 0.2) is 22.4 Å². The highest BCUT2D eigenvalue weighted by Gasteiger charge is 2.69. The fourth-order valence-electron chi connectivity index (χ4n) is 11.3. The summed E-state index contributed by atoms with van der Waals surface area (Å²) in [5.41, 5.74) is 3.16. The number of esters is 1. The molecule has 0 amide bonds. The van der Waals surface area contributed by atoms with Crippen LogP contribution in [0.5, 0.6) is 0 Å². The minimum Gasteiger partial charge on any atom is -0.469 e. The third-order valence-electron chi connectivity index (χ3n) is 13.5. The Morgan fingerprint density at radius 2 is 1.78 bits per heavy atom. The van der Waals surface area contributed by atoms with Crippen molar-refractivity contribution in [1.29, 1.82) is 0 Å². The van der Waals surface area contributed by atoms with Gasteiger partial charge in [-0.15, -0.1) is 0 Å². The SMILES string of the molecule is COC(=O)[C@]12CC[C@@H](C)[C@H](C)[C@H]1C1=CC[C@@H]3[C@@]4(C)Cc5cnoc5C(C)(C)[C@@H]4CC[C@@]3(C)[C@]1(C)CC2. The van der Waals surface area contributed by atoms with Crippen molar-refractivity contribution in [1.82, 2.24) is 5.16 Å². The van der Waals surface area contributed by atoms with E-state index in [2.05, 4.69) is 59.7 Å². The molecule has 0 bridgehead atoms. The Balaban J connectivity index is 1.48. The van der Waals surface area contributed by atoms with Gasteiger partial charge in [0, 0.05) is 11.0 Å². The summed E-state index contributed by atoms with van der Waals surface area (Å²) in [6.45, 7) is 17.4. The standard InChI is InChI=1S/C32H47NO3/c1-19-11-14-32(27(34)35-8)16-15-30(6)22(25(32)20(19)2)9-10-24-29(5)17-21-18-33-36-26(21)28(3,4)23(29)12-13-31(24,30)7/h9,18-20,23-25H,10-17H2,1-8H3/t19-,20+,23+,24-,25+,29+,30-,31-,32+/m1/s1. The van der Waals surface area contributed by atoms with E-state index < -0.39 is 0 Å². The van der Waals surface area contributed by atoms with Crippen molar-refractivity contribution >= 4 is 5.97 Å². The maximum Gasteiger partial charge on any atom is 0.312 e. The lowest BCUT2D eigenvalue weighted by Gasteiger charge is -2.70. The molecule has 6 rings (SSSR count). The fourth-order valence-corrected chi connectivity index (χ4v) is 11.3. The molecule has 3 saturated carbocycles. The predicted octanol–water partition coefficient (Wildman–Crippen LogP) is 7.52. The lowest BCUT2D eigenvalue weighted by atomic mass is 9.33. The molecule has 1 heterocycles. The molecule has 5 aliphatic rings. The number of hydrogen-bond donors (Lipinski definition) is 0. The molecule has 4 heteroatoms. The summed E-state index contributed by atoms with van der Waals surface area (Å²) in [6.07, 6.45) is 13.5. The Bertz CT molecular complexity index is 1120. The van der Waals surface area contributed by atoms with E-state index >= 15 is 0 Å². The zero-order valence-electron chi connectivity index (χ0n) is 23.9. The Morgan fingerprint density at radius 3 is 2.50 bits per heavy atom. The van der Waals surface area contributed by atoms with Gasteiger partial charge >= 0.3 is 5.97 Å². The van der Waals surface area contributed by atoms with E-state index in [0.29, 0.717) is 29.6 Å². The number of rotatable bonds is 1. The van der Waals surface area contributed by atoms with Crippen LogP contribution in [0.1, 0.15) is 105 Å². The highest BCUT2D eigenvalue weighted by atomic mass is 16.5. The van der Waals surface area contributed by atoms with Gasteiger partial charge in [0.05, 0.1) is 18.7 Å². The summed E-state index contributed by atoms with van der Waals surface area (Å²) in [7, 11) is 1.60. The highest BCUT2D eigenvalue weighted by molar-refractivity contribution is 5.78. The molecule has 5 aliphatic carbocycles. The lowest BCUT2D eigenvalue weighted by Crippen LogP contribution is -2.65. The van der Waals surface area contributed by atoms with Crippen molar-refractivity contribution in [2.75, 3.05) is 7.11 Å². The molecule has 0 radical (unpaired) electrons. The van der Waals surface area contributed by atoms with Gasteiger partial charge in [0.25, 0.3) is 0 Å². The first-order chi connectivity index (χ1) is 16.9. The van der Waals surface area contributed by atoms with Gasteiger partial charge in [-0.3, -0.25) is 4.79 Å². The average Bonchev–Trinajstić information content (AvgIpc) is 3.30. The van der Waals surface area contributed by atoms with Crippen LogP contribution in [0, 0.1) is 51.2 Å². The first-order valence-corrected chi connectivity index (χ1v) is 14.6. The number of carbonyl (C=O) groups is 1. The smallest absolute Gasteiger partial charge is 0.312 e. The molecule has 3 fully saturated rings.